The van der Waals surface area contributed by atoms with E-state index >= 15 is 0 Å². The first-order chi connectivity index (χ1) is 14.0. The zero-order valence-electron chi connectivity index (χ0n) is 16.8. The fourth-order valence-corrected chi connectivity index (χ4v) is 3.53. The highest BCUT2D eigenvalue weighted by Crippen LogP contribution is 2.34. The van der Waals surface area contributed by atoms with Gasteiger partial charge in [-0.15, -0.1) is 0 Å². The highest BCUT2D eigenvalue weighted by molar-refractivity contribution is 5.94. The lowest BCUT2D eigenvalue weighted by Crippen LogP contribution is -2.60. The Bertz CT molecular complexity index is 852. The predicted octanol–water partition coefficient (Wildman–Crippen LogP) is 3.47. The molecule has 2 rings (SSSR count). The maximum atomic E-state index is 14.1. The van der Waals surface area contributed by atoms with Gasteiger partial charge in [-0.25, -0.2) is 4.39 Å². The first kappa shape index (κ1) is 24.9. The summed E-state index contributed by atoms with van der Waals surface area (Å²) >= 11 is 0. The number of hydrogen-bond acceptors (Lipinski definition) is 3. The van der Waals surface area contributed by atoms with Gasteiger partial charge >= 0.3 is 12.4 Å². The van der Waals surface area contributed by atoms with Crippen LogP contribution in [0.4, 0.5) is 30.7 Å². The highest BCUT2D eigenvalue weighted by atomic mass is 19.4. The maximum absolute atomic E-state index is 14.1. The van der Waals surface area contributed by atoms with Gasteiger partial charge in [0.1, 0.15) is 5.82 Å². The van der Waals surface area contributed by atoms with E-state index < -0.39 is 58.7 Å². The van der Waals surface area contributed by atoms with Crippen LogP contribution in [0, 0.1) is 11.7 Å². The fourth-order valence-electron chi connectivity index (χ4n) is 3.53. The summed E-state index contributed by atoms with van der Waals surface area (Å²) in [5.41, 5.74) is -5.40. The Morgan fingerprint density at radius 1 is 1.16 bits per heavy atom. The summed E-state index contributed by atoms with van der Waals surface area (Å²) in [4.78, 5) is 26.7. The van der Waals surface area contributed by atoms with Gasteiger partial charge in [0.2, 0.25) is 5.60 Å². The largest absolute Gasteiger partial charge is 0.426 e. The second-order valence-corrected chi connectivity index (χ2v) is 7.76. The molecule has 3 atom stereocenters. The number of rotatable bonds is 3. The minimum absolute atomic E-state index is 0.0331. The van der Waals surface area contributed by atoms with E-state index in [2.05, 4.69) is 0 Å². The van der Waals surface area contributed by atoms with Gasteiger partial charge in [0.05, 0.1) is 11.1 Å². The SMILES string of the molecule is C[C@@H]1CN(C(=O)[C@@](C)(O)C(F)(F)F)CC[C@@H]1N(C)C(=O)c1ccc(C(F)(F)F)cc1F. The summed E-state index contributed by atoms with van der Waals surface area (Å²) < 4.78 is 90.9. The molecular formula is C19H21F7N2O3. The smallest absolute Gasteiger partial charge is 0.373 e. The molecule has 0 saturated carbocycles. The molecule has 1 N–H and O–H groups in total. The van der Waals surface area contributed by atoms with Gasteiger partial charge in [-0.05, 0) is 37.5 Å². The van der Waals surface area contributed by atoms with E-state index in [0.29, 0.717) is 13.0 Å². The lowest BCUT2D eigenvalue weighted by atomic mass is 9.90. The quantitative estimate of drug-likeness (QED) is 0.706. The number of amides is 2. The van der Waals surface area contributed by atoms with E-state index in [1.54, 1.807) is 6.92 Å². The van der Waals surface area contributed by atoms with Crippen molar-refractivity contribution in [1.29, 1.82) is 0 Å². The summed E-state index contributed by atoms with van der Waals surface area (Å²) in [5, 5.41) is 9.58. The van der Waals surface area contributed by atoms with Gasteiger partial charge < -0.3 is 14.9 Å². The van der Waals surface area contributed by atoms with E-state index in [4.69, 9.17) is 0 Å². The van der Waals surface area contributed by atoms with Gasteiger partial charge in [-0.2, -0.15) is 26.3 Å². The van der Waals surface area contributed by atoms with Crippen LogP contribution in [0.25, 0.3) is 0 Å². The van der Waals surface area contributed by atoms with E-state index in [-0.39, 0.29) is 25.6 Å². The number of carbonyl (C=O) groups is 2. The topological polar surface area (TPSA) is 60.9 Å². The number of nitrogens with zero attached hydrogens (tertiary/aromatic N) is 2. The molecule has 2 amide bonds. The van der Waals surface area contributed by atoms with Crippen molar-refractivity contribution in [3.05, 3.63) is 35.1 Å². The van der Waals surface area contributed by atoms with Crippen molar-refractivity contribution < 1.29 is 45.4 Å². The molecule has 12 heteroatoms. The molecule has 1 saturated heterocycles. The highest BCUT2D eigenvalue weighted by Gasteiger charge is 2.57. The van der Waals surface area contributed by atoms with Gasteiger partial charge in [-0.1, -0.05) is 6.92 Å². The van der Waals surface area contributed by atoms with Crippen molar-refractivity contribution in [2.24, 2.45) is 5.92 Å². The molecule has 5 nitrogen and oxygen atoms in total. The Morgan fingerprint density at radius 3 is 2.19 bits per heavy atom. The van der Waals surface area contributed by atoms with Crippen LogP contribution >= 0.6 is 0 Å². The number of hydrogen-bond donors (Lipinski definition) is 1. The van der Waals surface area contributed by atoms with Crippen LogP contribution in [0.1, 0.15) is 36.2 Å². The molecule has 1 aliphatic rings. The molecular weight excluding hydrogens is 437 g/mol. The van der Waals surface area contributed by atoms with Gasteiger partial charge in [-0.3, -0.25) is 9.59 Å². The second kappa shape index (κ2) is 8.29. The molecule has 174 valence electrons. The summed E-state index contributed by atoms with van der Waals surface area (Å²) in [6.45, 7) is 1.50. The van der Waals surface area contributed by atoms with Crippen molar-refractivity contribution in [2.75, 3.05) is 20.1 Å². The van der Waals surface area contributed by atoms with Crippen molar-refractivity contribution in [3.8, 4) is 0 Å². The molecule has 0 unspecified atom stereocenters. The minimum Gasteiger partial charge on any atom is -0.373 e. The Labute approximate surface area is 173 Å². The Morgan fingerprint density at radius 2 is 1.74 bits per heavy atom. The van der Waals surface area contributed by atoms with Crippen molar-refractivity contribution in [1.82, 2.24) is 9.80 Å². The molecule has 0 aliphatic carbocycles. The number of aliphatic hydroxyl groups is 1. The van der Waals surface area contributed by atoms with Crippen LogP contribution in [-0.2, 0) is 11.0 Å². The van der Waals surface area contributed by atoms with Crippen LogP contribution in [0.3, 0.4) is 0 Å². The number of carbonyl (C=O) groups excluding carboxylic acids is 2. The normalized spacial score (nSPS) is 22.1. The summed E-state index contributed by atoms with van der Waals surface area (Å²) in [6, 6.07) is 0.897. The predicted molar refractivity (Wildman–Crippen MR) is 94.3 cm³/mol. The van der Waals surface area contributed by atoms with Crippen LogP contribution in [0.5, 0.6) is 0 Å². The summed E-state index contributed by atoms with van der Waals surface area (Å²) in [6.07, 6.45) is -9.91. The Balaban J connectivity index is 2.14. The van der Waals surface area contributed by atoms with Crippen molar-refractivity contribution in [2.45, 2.75) is 44.3 Å². The van der Waals surface area contributed by atoms with Crippen LogP contribution in [-0.4, -0.2) is 64.7 Å². The van der Waals surface area contributed by atoms with Crippen LogP contribution in [0.2, 0.25) is 0 Å². The zero-order chi connectivity index (χ0) is 23.9. The van der Waals surface area contributed by atoms with E-state index in [9.17, 15) is 45.4 Å². The molecule has 1 heterocycles. The van der Waals surface area contributed by atoms with Crippen LogP contribution < -0.4 is 0 Å². The molecule has 31 heavy (non-hydrogen) atoms. The lowest BCUT2D eigenvalue weighted by molar-refractivity contribution is -0.251. The number of piperidine rings is 1. The van der Waals surface area contributed by atoms with Gasteiger partial charge in [0.15, 0.2) is 0 Å². The van der Waals surface area contributed by atoms with Crippen LogP contribution in [0.15, 0.2) is 18.2 Å². The first-order valence-corrected chi connectivity index (χ1v) is 9.21. The molecule has 1 aromatic rings. The molecule has 0 aromatic heterocycles. The maximum Gasteiger partial charge on any atom is 0.426 e. The molecule has 1 aromatic carbocycles. The average molecular weight is 458 g/mol. The number of halogens is 7. The fraction of sp³-hybridized carbons (Fsp3) is 0.579. The third-order valence-corrected chi connectivity index (χ3v) is 5.46. The summed E-state index contributed by atoms with van der Waals surface area (Å²) in [7, 11) is 1.30. The number of alkyl halides is 6. The molecule has 0 bridgehead atoms. The molecule has 1 fully saturated rings. The van der Waals surface area contributed by atoms with Crippen molar-refractivity contribution in [3.63, 3.8) is 0 Å². The van der Waals surface area contributed by atoms with Gasteiger partial charge in [0.25, 0.3) is 11.8 Å². The lowest BCUT2D eigenvalue weighted by Gasteiger charge is -2.43. The monoisotopic (exact) mass is 458 g/mol. The van der Waals surface area contributed by atoms with E-state index in [1.807, 2.05) is 0 Å². The third-order valence-electron chi connectivity index (χ3n) is 5.46. The summed E-state index contributed by atoms with van der Waals surface area (Å²) in [5.74, 6) is -4.32. The van der Waals surface area contributed by atoms with E-state index in [1.165, 1.54) is 7.05 Å². The van der Waals surface area contributed by atoms with Crippen molar-refractivity contribution >= 4 is 11.8 Å². The minimum atomic E-state index is -5.17. The first-order valence-electron chi connectivity index (χ1n) is 9.21. The third kappa shape index (κ3) is 4.94. The Kier molecular flexibility index (Phi) is 6.65. The standard InChI is InChI=1S/C19H21F7N2O3/c1-10-9-28(16(30)17(2,31)19(24,25)26)7-6-14(10)27(3)15(29)12-5-4-11(8-13(12)20)18(21,22)23/h4-5,8,10,14,31H,6-7,9H2,1-3H3/t10-,14+,17-/m1/s1. The zero-order valence-corrected chi connectivity index (χ0v) is 16.8. The molecule has 0 spiro atoms. The average Bonchev–Trinajstić information content (AvgIpc) is 2.64. The van der Waals surface area contributed by atoms with E-state index in [0.717, 1.165) is 15.9 Å². The number of likely N-dealkylation sites (tertiary alicyclic amines) is 1. The molecule has 1 aliphatic heterocycles. The molecule has 0 radical (unpaired) electrons. The number of benzene rings is 1. The Hall–Kier alpha value is -2.37. The van der Waals surface area contributed by atoms with Gasteiger partial charge in [0, 0.05) is 26.2 Å². The second-order valence-electron chi connectivity index (χ2n) is 7.76.